The zero-order valence-corrected chi connectivity index (χ0v) is 16.1. The number of aryl methyl sites for hydroxylation is 1. The summed E-state index contributed by atoms with van der Waals surface area (Å²) in [6.07, 6.45) is 0.207. The van der Waals surface area contributed by atoms with Crippen molar-refractivity contribution in [3.05, 3.63) is 65.2 Å². The van der Waals surface area contributed by atoms with Gasteiger partial charge in [-0.05, 0) is 43.7 Å². The third kappa shape index (κ3) is 4.76. The molecule has 2 aromatic rings. The van der Waals surface area contributed by atoms with Gasteiger partial charge < -0.3 is 15.0 Å². The summed E-state index contributed by atoms with van der Waals surface area (Å²) in [5.74, 6) is -0.988. The summed E-state index contributed by atoms with van der Waals surface area (Å²) in [6.45, 7) is 4.99. The molecule has 0 aliphatic carbocycles. The van der Waals surface area contributed by atoms with Crippen LogP contribution in [0.1, 0.15) is 34.8 Å². The maximum Gasteiger partial charge on any atom is 0.338 e. The lowest BCUT2D eigenvalue weighted by atomic mass is 10.1. The predicted octanol–water partition coefficient (Wildman–Crippen LogP) is 3.16. The van der Waals surface area contributed by atoms with E-state index in [1.54, 1.807) is 36.1 Å². The maximum absolute atomic E-state index is 12.5. The Bertz CT molecular complexity index is 859. The molecule has 0 radical (unpaired) electrons. The van der Waals surface area contributed by atoms with E-state index in [0.717, 1.165) is 5.56 Å². The molecule has 2 amide bonds. The summed E-state index contributed by atoms with van der Waals surface area (Å²) >= 11 is 0. The number of hydrogen-bond acceptors (Lipinski definition) is 4. The zero-order valence-electron chi connectivity index (χ0n) is 16.1. The van der Waals surface area contributed by atoms with Gasteiger partial charge in [-0.15, -0.1) is 0 Å². The van der Waals surface area contributed by atoms with E-state index in [2.05, 4.69) is 5.32 Å². The molecule has 0 saturated carbocycles. The molecule has 1 fully saturated rings. The van der Waals surface area contributed by atoms with Gasteiger partial charge in [-0.1, -0.05) is 29.8 Å². The van der Waals surface area contributed by atoms with Crippen LogP contribution in [0, 0.1) is 12.8 Å². The molecule has 0 aromatic heterocycles. The first kappa shape index (κ1) is 19.6. The standard InChI is InChI=1S/C22H24N2O4/c1-3-28-22(27)17-8-10-19(11-9-17)23-21(26)18-12-20(25)24(14-18)13-16-6-4-15(2)5-7-16/h4-11,18H,3,12-14H2,1-2H3,(H,23,26)/t18-/m1/s1. The van der Waals surface area contributed by atoms with Gasteiger partial charge in [0.1, 0.15) is 0 Å². The van der Waals surface area contributed by atoms with Gasteiger partial charge in [0.2, 0.25) is 11.8 Å². The van der Waals surface area contributed by atoms with E-state index < -0.39 is 5.97 Å². The second-order valence-electron chi connectivity index (χ2n) is 6.95. The van der Waals surface area contributed by atoms with Gasteiger partial charge in [-0.3, -0.25) is 9.59 Å². The molecule has 28 heavy (non-hydrogen) atoms. The number of carbonyl (C=O) groups is 3. The van der Waals surface area contributed by atoms with Crippen molar-refractivity contribution in [3.8, 4) is 0 Å². The van der Waals surface area contributed by atoms with Gasteiger partial charge in [0.25, 0.3) is 0 Å². The molecule has 1 N–H and O–H groups in total. The SMILES string of the molecule is CCOC(=O)c1ccc(NC(=O)[C@@H]2CC(=O)N(Cc3ccc(C)cc3)C2)cc1. The Labute approximate surface area is 164 Å². The second-order valence-corrected chi connectivity index (χ2v) is 6.95. The number of amides is 2. The van der Waals surface area contributed by atoms with Crippen molar-refractivity contribution in [1.82, 2.24) is 4.90 Å². The number of benzene rings is 2. The Balaban J connectivity index is 1.57. The van der Waals surface area contributed by atoms with Crippen LogP contribution in [0.4, 0.5) is 5.69 Å². The van der Waals surface area contributed by atoms with Crippen molar-refractivity contribution >= 4 is 23.5 Å². The first-order valence-corrected chi connectivity index (χ1v) is 9.37. The Morgan fingerprint density at radius 3 is 2.43 bits per heavy atom. The molecule has 1 atom stereocenters. The van der Waals surface area contributed by atoms with E-state index in [1.165, 1.54) is 5.56 Å². The molecule has 2 aromatic carbocycles. The number of rotatable bonds is 6. The number of carbonyl (C=O) groups excluding carboxylic acids is 3. The lowest BCUT2D eigenvalue weighted by molar-refractivity contribution is -0.128. The van der Waals surface area contributed by atoms with Crippen LogP contribution >= 0.6 is 0 Å². The van der Waals surface area contributed by atoms with Crippen LogP contribution in [0.3, 0.4) is 0 Å². The fourth-order valence-electron chi connectivity index (χ4n) is 3.16. The van der Waals surface area contributed by atoms with Crippen molar-refractivity contribution in [1.29, 1.82) is 0 Å². The summed E-state index contributed by atoms with van der Waals surface area (Å²) < 4.78 is 4.94. The molecule has 6 nitrogen and oxygen atoms in total. The molecule has 0 spiro atoms. The molecular weight excluding hydrogens is 356 g/mol. The average Bonchev–Trinajstić information content (AvgIpc) is 3.05. The van der Waals surface area contributed by atoms with E-state index in [9.17, 15) is 14.4 Å². The highest BCUT2D eigenvalue weighted by Gasteiger charge is 2.34. The van der Waals surface area contributed by atoms with Crippen LogP contribution in [0.2, 0.25) is 0 Å². The largest absolute Gasteiger partial charge is 0.462 e. The quantitative estimate of drug-likeness (QED) is 0.781. The van der Waals surface area contributed by atoms with Gasteiger partial charge in [0.05, 0.1) is 18.1 Å². The Morgan fingerprint density at radius 1 is 1.11 bits per heavy atom. The van der Waals surface area contributed by atoms with E-state index >= 15 is 0 Å². The summed E-state index contributed by atoms with van der Waals surface area (Å²) in [6, 6.07) is 14.6. The van der Waals surface area contributed by atoms with Crippen LogP contribution in [0.25, 0.3) is 0 Å². The van der Waals surface area contributed by atoms with Crippen molar-refractivity contribution in [3.63, 3.8) is 0 Å². The fourth-order valence-corrected chi connectivity index (χ4v) is 3.16. The molecule has 1 aliphatic rings. The molecule has 1 saturated heterocycles. The van der Waals surface area contributed by atoms with Crippen molar-refractivity contribution in [2.75, 3.05) is 18.5 Å². The minimum atomic E-state index is -0.395. The number of likely N-dealkylation sites (tertiary alicyclic amines) is 1. The number of hydrogen-bond donors (Lipinski definition) is 1. The first-order valence-electron chi connectivity index (χ1n) is 9.37. The molecule has 1 aliphatic heterocycles. The Hall–Kier alpha value is -3.15. The van der Waals surface area contributed by atoms with E-state index in [1.807, 2.05) is 31.2 Å². The van der Waals surface area contributed by atoms with Crippen LogP contribution in [-0.2, 0) is 20.9 Å². The summed E-state index contributed by atoms with van der Waals surface area (Å²) in [4.78, 5) is 38.2. The highest BCUT2D eigenvalue weighted by atomic mass is 16.5. The van der Waals surface area contributed by atoms with Gasteiger partial charge in [0.15, 0.2) is 0 Å². The van der Waals surface area contributed by atoms with Crippen LogP contribution in [-0.4, -0.2) is 35.8 Å². The Kier molecular flexibility index (Phi) is 6.09. The number of nitrogens with zero attached hydrogens (tertiary/aromatic N) is 1. The molecule has 0 bridgehead atoms. The summed E-state index contributed by atoms with van der Waals surface area (Å²) in [7, 11) is 0. The molecule has 0 unspecified atom stereocenters. The second kappa shape index (κ2) is 8.69. The average molecular weight is 380 g/mol. The first-order chi connectivity index (χ1) is 13.5. The van der Waals surface area contributed by atoms with Crippen molar-refractivity contribution in [2.24, 2.45) is 5.92 Å². The van der Waals surface area contributed by atoms with E-state index in [-0.39, 0.29) is 24.2 Å². The van der Waals surface area contributed by atoms with Gasteiger partial charge in [-0.25, -0.2) is 4.79 Å². The Morgan fingerprint density at radius 2 is 1.79 bits per heavy atom. The predicted molar refractivity (Wildman–Crippen MR) is 106 cm³/mol. The lowest BCUT2D eigenvalue weighted by Gasteiger charge is -2.17. The molecular formula is C22H24N2O4. The van der Waals surface area contributed by atoms with Gasteiger partial charge in [-0.2, -0.15) is 0 Å². The highest BCUT2D eigenvalue weighted by molar-refractivity contribution is 5.97. The van der Waals surface area contributed by atoms with Crippen LogP contribution < -0.4 is 5.32 Å². The third-order valence-electron chi connectivity index (χ3n) is 4.74. The molecule has 146 valence electrons. The maximum atomic E-state index is 12.5. The third-order valence-corrected chi connectivity index (χ3v) is 4.74. The number of ether oxygens (including phenoxy) is 1. The van der Waals surface area contributed by atoms with Crippen LogP contribution in [0.5, 0.6) is 0 Å². The highest BCUT2D eigenvalue weighted by Crippen LogP contribution is 2.22. The van der Waals surface area contributed by atoms with Crippen LogP contribution in [0.15, 0.2) is 48.5 Å². The van der Waals surface area contributed by atoms with E-state index in [4.69, 9.17) is 4.74 Å². The van der Waals surface area contributed by atoms with Crippen molar-refractivity contribution < 1.29 is 19.1 Å². The number of nitrogens with one attached hydrogen (secondary N) is 1. The van der Waals surface area contributed by atoms with Crippen molar-refractivity contribution in [2.45, 2.75) is 26.8 Å². The molecule has 1 heterocycles. The number of esters is 1. The molecule has 6 heteroatoms. The minimum Gasteiger partial charge on any atom is -0.462 e. The molecule has 3 rings (SSSR count). The number of anilines is 1. The normalized spacial score (nSPS) is 16.1. The minimum absolute atomic E-state index is 0.0154. The van der Waals surface area contributed by atoms with Gasteiger partial charge in [0, 0.05) is 25.2 Å². The monoisotopic (exact) mass is 380 g/mol. The smallest absolute Gasteiger partial charge is 0.338 e. The summed E-state index contributed by atoms with van der Waals surface area (Å²) in [5.41, 5.74) is 3.24. The lowest BCUT2D eigenvalue weighted by Crippen LogP contribution is -2.28. The topological polar surface area (TPSA) is 75.7 Å². The fraction of sp³-hybridized carbons (Fsp3) is 0.318. The van der Waals surface area contributed by atoms with E-state index in [0.29, 0.717) is 30.9 Å². The zero-order chi connectivity index (χ0) is 20.1. The summed E-state index contributed by atoms with van der Waals surface area (Å²) in [5, 5.41) is 2.82. The van der Waals surface area contributed by atoms with Gasteiger partial charge >= 0.3 is 5.97 Å².